The van der Waals surface area contributed by atoms with E-state index in [9.17, 15) is 14.3 Å². The van der Waals surface area contributed by atoms with Gasteiger partial charge in [-0.3, -0.25) is 4.79 Å². The van der Waals surface area contributed by atoms with Gasteiger partial charge >= 0.3 is 0 Å². The van der Waals surface area contributed by atoms with E-state index in [1.165, 1.54) is 13.2 Å². The molecule has 2 N–H and O–H groups in total. The summed E-state index contributed by atoms with van der Waals surface area (Å²) < 4.78 is 18.6. The number of hydrogen-bond donors (Lipinski definition) is 2. The predicted molar refractivity (Wildman–Crippen MR) is 122 cm³/mol. The van der Waals surface area contributed by atoms with Crippen molar-refractivity contribution in [3.8, 4) is 17.1 Å². The molecule has 3 aromatic rings. The highest BCUT2D eigenvalue weighted by molar-refractivity contribution is 5.93. The Balaban J connectivity index is 1.41. The smallest absolute Gasteiger partial charge is 0.270 e. The highest BCUT2D eigenvalue weighted by Gasteiger charge is 2.22. The van der Waals surface area contributed by atoms with Crippen LogP contribution in [0, 0.1) is 24.6 Å². The Morgan fingerprint density at radius 2 is 1.97 bits per heavy atom. The number of amides is 1. The Kier molecular flexibility index (Phi) is 7.46. The fraction of sp³-hybridized carbons (Fsp3) is 0.458. The summed E-state index contributed by atoms with van der Waals surface area (Å²) in [5.41, 5.74) is 2.26. The Hall–Kier alpha value is -3.40. The third-order valence-electron chi connectivity index (χ3n) is 6.21. The van der Waals surface area contributed by atoms with Gasteiger partial charge in [-0.1, -0.05) is 6.07 Å². The molecule has 4 rings (SSSR count). The fourth-order valence-electron chi connectivity index (χ4n) is 4.26. The highest BCUT2D eigenvalue weighted by Crippen LogP contribution is 2.29. The zero-order chi connectivity index (χ0) is 24.1. The maximum Gasteiger partial charge on any atom is 0.270 e. The molecule has 0 atom stereocenters. The van der Waals surface area contributed by atoms with Gasteiger partial charge in [-0.2, -0.15) is 4.80 Å². The number of carbonyl (C=O) groups is 1. The molecular formula is C24H29FN6O3. The van der Waals surface area contributed by atoms with Crippen LogP contribution in [0.1, 0.15) is 47.4 Å². The second kappa shape index (κ2) is 10.7. The molecule has 1 saturated carbocycles. The summed E-state index contributed by atoms with van der Waals surface area (Å²) in [6, 6.07) is 7.89. The van der Waals surface area contributed by atoms with Gasteiger partial charge in [-0.05, 0) is 79.5 Å². The Morgan fingerprint density at radius 1 is 1.21 bits per heavy atom. The second-order valence-corrected chi connectivity index (χ2v) is 8.77. The number of carbonyl (C=O) groups excluding carboxylic acids is 1. The van der Waals surface area contributed by atoms with Crippen molar-refractivity contribution in [2.24, 2.45) is 11.8 Å². The van der Waals surface area contributed by atoms with E-state index in [2.05, 4.69) is 25.7 Å². The van der Waals surface area contributed by atoms with Crippen molar-refractivity contribution < 1.29 is 19.0 Å². The number of methoxy groups -OCH3 is 1. The summed E-state index contributed by atoms with van der Waals surface area (Å²) in [7, 11) is 1.39. The van der Waals surface area contributed by atoms with E-state index in [-0.39, 0.29) is 30.5 Å². The number of halogens is 1. The van der Waals surface area contributed by atoms with Crippen molar-refractivity contribution in [1.29, 1.82) is 0 Å². The molecule has 0 unspecified atom stereocenters. The largest absolute Gasteiger partial charge is 0.494 e. The normalized spacial score (nSPS) is 18.0. The quantitative estimate of drug-likeness (QED) is 0.522. The molecule has 0 bridgehead atoms. The number of aliphatic hydroxyl groups excluding tert-OH is 1. The summed E-state index contributed by atoms with van der Waals surface area (Å²) >= 11 is 0. The van der Waals surface area contributed by atoms with Crippen LogP contribution in [0.25, 0.3) is 11.4 Å². The zero-order valence-corrected chi connectivity index (χ0v) is 19.4. The third-order valence-corrected chi connectivity index (χ3v) is 6.21. The van der Waals surface area contributed by atoms with Gasteiger partial charge in [0, 0.05) is 24.4 Å². The summed E-state index contributed by atoms with van der Waals surface area (Å²) in [4.78, 5) is 18.7. The second-order valence-electron chi connectivity index (χ2n) is 8.77. The summed E-state index contributed by atoms with van der Waals surface area (Å²) in [5, 5.41) is 25.0. The summed E-state index contributed by atoms with van der Waals surface area (Å²) in [6.07, 6.45) is 4.13. The number of ether oxygens (including phenoxy) is 1. The molecule has 9 nitrogen and oxygen atoms in total. The van der Waals surface area contributed by atoms with E-state index >= 15 is 0 Å². The van der Waals surface area contributed by atoms with Crippen molar-refractivity contribution in [3.63, 3.8) is 0 Å². The van der Waals surface area contributed by atoms with Gasteiger partial charge in [0.1, 0.15) is 5.69 Å². The molecule has 180 valence electrons. The van der Waals surface area contributed by atoms with Gasteiger partial charge in [0.05, 0.1) is 13.7 Å². The Labute approximate surface area is 197 Å². The molecule has 34 heavy (non-hydrogen) atoms. The van der Waals surface area contributed by atoms with Crippen LogP contribution in [0.2, 0.25) is 0 Å². The maximum absolute atomic E-state index is 13.6. The number of pyridine rings is 1. The number of aromatic nitrogens is 5. The van der Waals surface area contributed by atoms with Crippen molar-refractivity contribution in [2.45, 2.75) is 45.7 Å². The van der Waals surface area contributed by atoms with Crippen molar-refractivity contribution in [3.05, 3.63) is 53.1 Å². The molecule has 2 heterocycles. The number of benzene rings is 1. The van der Waals surface area contributed by atoms with Crippen LogP contribution in [0.4, 0.5) is 4.39 Å². The minimum Gasteiger partial charge on any atom is -0.494 e. The average molecular weight is 469 g/mol. The molecule has 1 fully saturated rings. The average Bonchev–Trinajstić information content (AvgIpc) is 3.32. The van der Waals surface area contributed by atoms with Crippen molar-refractivity contribution in [1.82, 2.24) is 30.5 Å². The van der Waals surface area contributed by atoms with Crippen molar-refractivity contribution in [2.75, 3.05) is 13.7 Å². The van der Waals surface area contributed by atoms with Crippen LogP contribution in [0.15, 0.2) is 30.3 Å². The lowest BCUT2D eigenvalue weighted by Crippen LogP contribution is -2.24. The van der Waals surface area contributed by atoms with E-state index < -0.39 is 5.82 Å². The van der Waals surface area contributed by atoms with Crippen LogP contribution < -0.4 is 10.1 Å². The first kappa shape index (κ1) is 23.7. The third kappa shape index (κ3) is 5.74. The monoisotopic (exact) mass is 468 g/mol. The van der Waals surface area contributed by atoms with E-state index in [0.717, 1.165) is 25.7 Å². The number of nitrogens with one attached hydrogen (secondary N) is 1. The van der Waals surface area contributed by atoms with Gasteiger partial charge in [-0.15, -0.1) is 10.2 Å². The van der Waals surface area contributed by atoms with Crippen LogP contribution in [-0.4, -0.2) is 49.9 Å². The van der Waals surface area contributed by atoms with Gasteiger partial charge in [0.25, 0.3) is 5.91 Å². The molecule has 1 aliphatic rings. The minimum absolute atomic E-state index is 0.123. The SMILES string of the molecule is COc1cc(CNC(=O)c2cc(-c3nnn(CC4CCC(CO)CC4)n3)cc(C)n2)ccc1F. The topological polar surface area (TPSA) is 115 Å². The molecule has 0 spiro atoms. The van der Waals surface area contributed by atoms with E-state index in [4.69, 9.17) is 4.74 Å². The molecule has 2 aromatic heterocycles. The molecular weight excluding hydrogens is 439 g/mol. The minimum atomic E-state index is -0.457. The van der Waals surface area contributed by atoms with E-state index in [1.54, 1.807) is 29.9 Å². The Morgan fingerprint density at radius 3 is 2.71 bits per heavy atom. The standard InChI is InChI=1S/C24H29FN6O3/c1-15-9-19(23-28-30-31(29-23)13-16-3-5-17(14-32)6-4-16)11-21(27-15)24(33)26-12-18-7-8-20(25)22(10-18)34-2/h7-11,16-17,32H,3-6,12-14H2,1-2H3,(H,26,33). The molecule has 10 heteroatoms. The van der Waals surface area contributed by atoms with Crippen LogP contribution in [-0.2, 0) is 13.1 Å². The number of aryl methyl sites for hydroxylation is 1. The number of rotatable bonds is 8. The van der Waals surface area contributed by atoms with E-state index in [1.807, 2.05) is 6.07 Å². The lowest BCUT2D eigenvalue weighted by atomic mass is 9.82. The number of tetrazole rings is 1. The molecule has 1 aromatic carbocycles. The molecule has 0 aliphatic heterocycles. The summed E-state index contributed by atoms with van der Waals surface area (Å²) in [6.45, 7) is 2.94. The Bertz CT molecular complexity index is 1140. The molecule has 1 aliphatic carbocycles. The van der Waals surface area contributed by atoms with E-state index in [0.29, 0.717) is 41.0 Å². The fourth-order valence-corrected chi connectivity index (χ4v) is 4.26. The van der Waals surface area contributed by atoms with Crippen LogP contribution in [0.5, 0.6) is 5.75 Å². The first-order chi connectivity index (χ1) is 16.4. The van der Waals surface area contributed by atoms with Crippen molar-refractivity contribution >= 4 is 5.91 Å². The van der Waals surface area contributed by atoms with Gasteiger partial charge < -0.3 is 15.2 Å². The number of hydrogen-bond acceptors (Lipinski definition) is 7. The van der Waals surface area contributed by atoms with Crippen LogP contribution >= 0.6 is 0 Å². The summed E-state index contributed by atoms with van der Waals surface area (Å²) in [5.74, 6) is 0.618. The first-order valence-electron chi connectivity index (χ1n) is 11.4. The van der Waals surface area contributed by atoms with Gasteiger partial charge in [0.15, 0.2) is 11.6 Å². The zero-order valence-electron chi connectivity index (χ0n) is 19.4. The number of nitrogens with zero attached hydrogens (tertiary/aromatic N) is 5. The molecule has 1 amide bonds. The lowest BCUT2D eigenvalue weighted by Gasteiger charge is -2.26. The maximum atomic E-state index is 13.6. The van der Waals surface area contributed by atoms with Gasteiger partial charge in [-0.25, -0.2) is 9.37 Å². The molecule has 0 radical (unpaired) electrons. The number of aliphatic hydroxyl groups is 1. The molecule has 0 saturated heterocycles. The highest BCUT2D eigenvalue weighted by atomic mass is 19.1. The van der Waals surface area contributed by atoms with Gasteiger partial charge in [0.2, 0.25) is 5.82 Å². The predicted octanol–water partition coefficient (Wildman–Crippen LogP) is 2.92. The van der Waals surface area contributed by atoms with Crippen LogP contribution in [0.3, 0.4) is 0 Å². The first-order valence-corrected chi connectivity index (χ1v) is 11.4. The lowest BCUT2D eigenvalue weighted by molar-refractivity contribution is 0.0945.